The van der Waals surface area contributed by atoms with Crippen LogP contribution in [0.2, 0.25) is 0 Å². The molecule has 0 aliphatic carbocycles. The number of benzene rings is 1. The van der Waals surface area contributed by atoms with Gasteiger partial charge in [0.1, 0.15) is 0 Å². The number of rotatable bonds is 5. The van der Waals surface area contributed by atoms with E-state index in [9.17, 15) is 0 Å². The Hall–Kier alpha value is -0.900. The van der Waals surface area contributed by atoms with E-state index in [4.69, 9.17) is 10.5 Å². The third-order valence-electron chi connectivity index (χ3n) is 4.04. The first kappa shape index (κ1) is 14.5. The molecule has 1 aromatic rings. The number of hydrogen-bond acceptors (Lipinski definition) is 3. The van der Waals surface area contributed by atoms with Gasteiger partial charge in [-0.25, -0.2) is 0 Å². The third-order valence-corrected chi connectivity index (χ3v) is 4.04. The van der Waals surface area contributed by atoms with E-state index in [1.165, 1.54) is 5.56 Å². The smallest absolute Gasteiger partial charge is 0.0674 e. The topological polar surface area (TPSA) is 38.5 Å². The van der Waals surface area contributed by atoms with Gasteiger partial charge in [-0.2, -0.15) is 0 Å². The lowest BCUT2D eigenvalue weighted by molar-refractivity contribution is -0.0710. The van der Waals surface area contributed by atoms with E-state index in [1.807, 2.05) is 0 Å². The summed E-state index contributed by atoms with van der Waals surface area (Å²) < 4.78 is 5.77. The SMILES string of the molecule is CCC1COC(C)CN1C(CN)Cc1ccccc1. The minimum atomic E-state index is 0.313. The highest BCUT2D eigenvalue weighted by Gasteiger charge is 2.30. The quantitative estimate of drug-likeness (QED) is 0.882. The van der Waals surface area contributed by atoms with Crippen molar-refractivity contribution in [3.05, 3.63) is 35.9 Å². The fraction of sp³-hybridized carbons (Fsp3) is 0.625. The molecule has 1 heterocycles. The van der Waals surface area contributed by atoms with Crippen LogP contribution in [0.5, 0.6) is 0 Å². The first-order valence-electron chi connectivity index (χ1n) is 7.36. The van der Waals surface area contributed by atoms with Gasteiger partial charge in [0.15, 0.2) is 0 Å². The fourth-order valence-corrected chi connectivity index (χ4v) is 2.89. The van der Waals surface area contributed by atoms with Crippen molar-refractivity contribution in [1.29, 1.82) is 0 Å². The van der Waals surface area contributed by atoms with E-state index in [2.05, 4.69) is 49.1 Å². The van der Waals surface area contributed by atoms with Crippen LogP contribution in [-0.4, -0.2) is 42.8 Å². The lowest BCUT2D eigenvalue weighted by Gasteiger charge is -2.43. The molecule has 19 heavy (non-hydrogen) atoms. The Kier molecular flexibility index (Phi) is 5.37. The van der Waals surface area contributed by atoms with Crippen LogP contribution in [0.1, 0.15) is 25.8 Å². The van der Waals surface area contributed by atoms with Crippen molar-refractivity contribution in [2.24, 2.45) is 5.73 Å². The molecule has 0 saturated carbocycles. The summed E-state index contributed by atoms with van der Waals surface area (Å²) in [5.74, 6) is 0. The summed E-state index contributed by atoms with van der Waals surface area (Å²) in [5, 5.41) is 0. The number of nitrogens with zero attached hydrogens (tertiary/aromatic N) is 1. The molecule has 0 bridgehead atoms. The number of morpholine rings is 1. The van der Waals surface area contributed by atoms with Crippen molar-refractivity contribution in [3.8, 4) is 0 Å². The maximum Gasteiger partial charge on any atom is 0.0674 e. The van der Waals surface area contributed by atoms with E-state index in [0.29, 0.717) is 24.7 Å². The van der Waals surface area contributed by atoms with Gasteiger partial charge >= 0.3 is 0 Å². The summed E-state index contributed by atoms with van der Waals surface area (Å²) >= 11 is 0. The van der Waals surface area contributed by atoms with Crippen LogP contribution in [0, 0.1) is 0 Å². The standard InChI is InChI=1S/C16H26N2O/c1-3-15-12-19-13(2)11-18(15)16(10-17)9-14-7-5-4-6-8-14/h4-8,13,15-16H,3,9-12,17H2,1-2H3. The molecule has 2 N–H and O–H groups in total. The van der Waals surface area contributed by atoms with Gasteiger partial charge < -0.3 is 10.5 Å². The molecule has 3 atom stereocenters. The predicted molar refractivity (Wildman–Crippen MR) is 79.2 cm³/mol. The Morgan fingerprint density at radius 3 is 2.74 bits per heavy atom. The van der Waals surface area contributed by atoms with Gasteiger partial charge in [0.2, 0.25) is 0 Å². The van der Waals surface area contributed by atoms with Crippen molar-refractivity contribution in [3.63, 3.8) is 0 Å². The largest absolute Gasteiger partial charge is 0.376 e. The average Bonchev–Trinajstić information content (AvgIpc) is 2.46. The van der Waals surface area contributed by atoms with E-state index >= 15 is 0 Å². The minimum absolute atomic E-state index is 0.313. The second-order valence-corrected chi connectivity index (χ2v) is 5.48. The molecule has 1 aromatic carbocycles. The second kappa shape index (κ2) is 7.04. The van der Waals surface area contributed by atoms with E-state index in [-0.39, 0.29) is 0 Å². The summed E-state index contributed by atoms with van der Waals surface area (Å²) in [6, 6.07) is 11.6. The molecular formula is C16H26N2O. The second-order valence-electron chi connectivity index (χ2n) is 5.48. The molecule has 3 unspecified atom stereocenters. The molecule has 0 radical (unpaired) electrons. The van der Waals surface area contributed by atoms with Gasteiger partial charge in [0, 0.05) is 25.2 Å². The minimum Gasteiger partial charge on any atom is -0.376 e. The maximum absolute atomic E-state index is 6.03. The Morgan fingerprint density at radius 2 is 2.11 bits per heavy atom. The molecule has 0 amide bonds. The molecule has 1 aliphatic heterocycles. The van der Waals surface area contributed by atoms with Crippen molar-refractivity contribution in [2.75, 3.05) is 19.7 Å². The summed E-state index contributed by atoms with van der Waals surface area (Å²) in [5.41, 5.74) is 7.40. The summed E-state index contributed by atoms with van der Waals surface area (Å²) in [7, 11) is 0. The average molecular weight is 262 g/mol. The molecule has 3 heteroatoms. The van der Waals surface area contributed by atoms with Crippen molar-refractivity contribution < 1.29 is 4.74 Å². The molecule has 1 aliphatic rings. The van der Waals surface area contributed by atoms with E-state index < -0.39 is 0 Å². The first-order valence-corrected chi connectivity index (χ1v) is 7.36. The first-order chi connectivity index (χ1) is 9.24. The summed E-state index contributed by atoms with van der Waals surface area (Å²) in [4.78, 5) is 2.56. The highest BCUT2D eigenvalue weighted by Crippen LogP contribution is 2.19. The Labute approximate surface area is 116 Å². The highest BCUT2D eigenvalue weighted by molar-refractivity contribution is 5.16. The fourth-order valence-electron chi connectivity index (χ4n) is 2.89. The van der Waals surface area contributed by atoms with E-state index in [1.54, 1.807) is 0 Å². The zero-order valence-electron chi connectivity index (χ0n) is 12.1. The summed E-state index contributed by atoms with van der Waals surface area (Å²) in [6.45, 7) is 6.91. The van der Waals surface area contributed by atoms with Crippen LogP contribution < -0.4 is 5.73 Å². The monoisotopic (exact) mass is 262 g/mol. The number of ether oxygens (including phenoxy) is 1. The van der Waals surface area contributed by atoms with Gasteiger partial charge in [-0.15, -0.1) is 0 Å². The molecule has 1 fully saturated rings. The molecule has 0 spiro atoms. The van der Waals surface area contributed by atoms with Gasteiger partial charge in [0.25, 0.3) is 0 Å². The lowest BCUT2D eigenvalue weighted by atomic mass is 10.0. The van der Waals surface area contributed by atoms with Gasteiger partial charge in [-0.3, -0.25) is 4.90 Å². The molecule has 106 valence electrons. The zero-order valence-corrected chi connectivity index (χ0v) is 12.1. The van der Waals surface area contributed by atoms with Gasteiger partial charge in [-0.1, -0.05) is 37.3 Å². The van der Waals surface area contributed by atoms with Gasteiger partial charge in [-0.05, 0) is 25.3 Å². The van der Waals surface area contributed by atoms with Crippen LogP contribution in [0.25, 0.3) is 0 Å². The van der Waals surface area contributed by atoms with Gasteiger partial charge in [0.05, 0.1) is 12.7 Å². The Balaban J connectivity index is 2.06. The van der Waals surface area contributed by atoms with Crippen LogP contribution in [0.3, 0.4) is 0 Å². The lowest BCUT2D eigenvalue weighted by Crippen LogP contribution is -2.55. The van der Waals surface area contributed by atoms with Crippen LogP contribution in [-0.2, 0) is 11.2 Å². The van der Waals surface area contributed by atoms with E-state index in [0.717, 1.165) is 26.0 Å². The third kappa shape index (κ3) is 3.78. The molecule has 1 saturated heterocycles. The van der Waals surface area contributed by atoms with Crippen molar-refractivity contribution >= 4 is 0 Å². The van der Waals surface area contributed by atoms with Crippen molar-refractivity contribution in [1.82, 2.24) is 4.90 Å². The molecule has 3 nitrogen and oxygen atoms in total. The Bertz CT molecular complexity index is 368. The predicted octanol–water partition coefficient (Wildman–Crippen LogP) is 2.06. The maximum atomic E-state index is 6.03. The molecular weight excluding hydrogens is 236 g/mol. The normalized spacial score (nSPS) is 26.3. The highest BCUT2D eigenvalue weighted by atomic mass is 16.5. The van der Waals surface area contributed by atoms with Crippen LogP contribution in [0.4, 0.5) is 0 Å². The summed E-state index contributed by atoms with van der Waals surface area (Å²) in [6.07, 6.45) is 2.46. The number of hydrogen-bond donors (Lipinski definition) is 1. The zero-order chi connectivity index (χ0) is 13.7. The molecule has 0 aromatic heterocycles. The van der Waals surface area contributed by atoms with Crippen LogP contribution in [0.15, 0.2) is 30.3 Å². The van der Waals surface area contributed by atoms with Crippen LogP contribution >= 0.6 is 0 Å². The Morgan fingerprint density at radius 1 is 1.37 bits per heavy atom. The molecule has 2 rings (SSSR count). The number of nitrogens with two attached hydrogens (primary N) is 1. The van der Waals surface area contributed by atoms with Crippen molar-refractivity contribution in [2.45, 2.75) is 44.9 Å².